The number of fused-ring (bicyclic) bond motifs is 1. The van der Waals surface area contributed by atoms with E-state index in [0.29, 0.717) is 18.2 Å². The summed E-state index contributed by atoms with van der Waals surface area (Å²) in [7, 11) is 4.25. The van der Waals surface area contributed by atoms with E-state index in [4.69, 9.17) is 0 Å². The van der Waals surface area contributed by atoms with Crippen LogP contribution < -0.4 is 0 Å². The summed E-state index contributed by atoms with van der Waals surface area (Å²) >= 11 is 0. The lowest BCUT2D eigenvalue weighted by Gasteiger charge is -2.33. The fraction of sp³-hybridized carbons (Fsp3) is 0.650. The molecule has 1 saturated heterocycles. The van der Waals surface area contributed by atoms with Gasteiger partial charge in [0, 0.05) is 39.1 Å². The van der Waals surface area contributed by atoms with Gasteiger partial charge in [-0.3, -0.25) is 9.69 Å². The summed E-state index contributed by atoms with van der Waals surface area (Å²) in [5, 5.41) is 0. The summed E-state index contributed by atoms with van der Waals surface area (Å²) in [6.45, 7) is 5.92. The van der Waals surface area contributed by atoms with Crippen molar-refractivity contribution < 1.29 is 4.79 Å². The summed E-state index contributed by atoms with van der Waals surface area (Å²) < 4.78 is 0. The van der Waals surface area contributed by atoms with Crippen LogP contribution >= 0.6 is 0 Å². The minimum Gasteiger partial charge on any atom is -0.342 e. The van der Waals surface area contributed by atoms with Crippen molar-refractivity contribution in [3.8, 4) is 0 Å². The predicted octanol–water partition coefficient (Wildman–Crippen LogP) is 2.58. The monoisotopic (exact) mass is 329 g/mol. The Morgan fingerprint density at radius 1 is 1.21 bits per heavy atom. The molecule has 4 nitrogen and oxygen atoms in total. The van der Waals surface area contributed by atoms with Gasteiger partial charge < -0.3 is 9.80 Å². The molecule has 0 saturated carbocycles. The lowest BCUT2D eigenvalue weighted by atomic mass is 9.94. The Bertz CT molecular complexity index is 533. The van der Waals surface area contributed by atoms with Crippen molar-refractivity contribution in [3.63, 3.8) is 0 Å². The number of piperidine rings is 1. The minimum absolute atomic E-state index is 0.348. The molecule has 0 N–H and O–H groups in total. The first-order valence-electron chi connectivity index (χ1n) is 9.33. The van der Waals surface area contributed by atoms with Crippen LogP contribution in [0.2, 0.25) is 0 Å². The van der Waals surface area contributed by atoms with Crippen LogP contribution in [0.15, 0.2) is 24.3 Å². The summed E-state index contributed by atoms with van der Waals surface area (Å²) in [6.07, 6.45) is 4.31. The SMILES string of the molecule is CN(C)CCC1CCCN(C(=O)CCN2Cc3ccccc3C2)C1. The number of amides is 1. The molecule has 1 amide bonds. The third kappa shape index (κ3) is 4.58. The molecule has 3 rings (SSSR count). The largest absolute Gasteiger partial charge is 0.342 e. The van der Waals surface area contributed by atoms with Crippen LogP contribution in [0.25, 0.3) is 0 Å². The number of carbonyl (C=O) groups excluding carboxylic acids is 1. The Hall–Kier alpha value is -1.39. The number of nitrogens with zero attached hydrogens (tertiary/aromatic N) is 3. The standard InChI is InChI=1S/C20H31N3O/c1-21(2)12-9-17-6-5-11-23(14-17)20(24)10-13-22-15-18-7-3-4-8-19(18)16-22/h3-4,7-8,17H,5-6,9-16H2,1-2H3. The maximum Gasteiger partial charge on any atom is 0.223 e. The number of likely N-dealkylation sites (tertiary alicyclic amines) is 1. The van der Waals surface area contributed by atoms with E-state index in [1.165, 1.54) is 30.4 Å². The van der Waals surface area contributed by atoms with Crippen LogP contribution in [0.3, 0.4) is 0 Å². The molecular formula is C20H31N3O. The topological polar surface area (TPSA) is 26.8 Å². The third-order valence-electron chi connectivity index (χ3n) is 5.40. The fourth-order valence-electron chi connectivity index (χ4n) is 3.94. The number of carbonyl (C=O) groups is 1. The molecular weight excluding hydrogens is 298 g/mol. The molecule has 0 bridgehead atoms. The van der Waals surface area contributed by atoms with E-state index in [1.807, 2.05) is 0 Å². The minimum atomic E-state index is 0.348. The van der Waals surface area contributed by atoms with Crippen molar-refractivity contribution in [1.82, 2.24) is 14.7 Å². The van der Waals surface area contributed by atoms with E-state index >= 15 is 0 Å². The highest BCUT2D eigenvalue weighted by molar-refractivity contribution is 5.76. The Kier molecular flexibility index (Phi) is 5.90. The van der Waals surface area contributed by atoms with E-state index in [0.717, 1.165) is 39.3 Å². The Balaban J connectivity index is 1.42. The van der Waals surface area contributed by atoms with Gasteiger partial charge in [-0.2, -0.15) is 0 Å². The van der Waals surface area contributed by atoms with Gasteiger partial charge in [-0.15, -0.1) is 0 Å². The van der Waals surface area contributed by atoms with Gasteiger partial charge in [0.1, 0.15) is 0 Å². The highest BCUT2D eigenvalue weighted by atomic mass is 16.2. The predicted molar refractivity (Wildman–Crippen MR) is 97.6 cm³/mol. The molecule has 0 aliphatic carbocycles. The molecule has 0 aromatic heterocycles. The Morgan fingerprint density at radius 3 is 2.58 bits per heavy atom. The van der Waals surface area contributed by atoms with Crippen LogP contribution in [-0.2, 0) is 17.9 Å². The summed E-state index contributed by atoms with van der Waals surface area (Å²) in [5.74, 6) is 1.03. The van der Waals surface area contributed by atoms with Crippen molar-refractivity contribution in [3.05, 3.63) is 35.4 Å². The first kappa shape index (κ1) is 17.4. The molecule has 1 unspecified atom stereocenters. The van der Waals surface area contributed by atoms with E-state index in [2.05, 4.69) is 53.1 Å². The Labute approximate surface area is 146 Å². The molecule has 132 valence electrons. The second-order valence-electron chi connectivity index (χ2n) is 7.67. The van der Waals surface area contributed by atoms with Gasteiger partial charge >= 0.3 is 0 Å². The van der Waals surface area contributed by atoms with Crippen molar-refractivity contribution in [2.45, 2.75) is 38.8 Å². The maximum absolute atomic E-state index is 12.6. The number of benzene rings is 1. The van der Waals surface area contributed by atoms with Gasteiger partial charge in [-0.25, -0.2) is 0 Å². The molecule has 2 heterocycles. The third-order valence-corrected chi connectivity index (χ3v) is 5.40. The second-order valence-corrected chi connectivity index (χ2v) is 7.67. The fourth-order valence-corrected chi connectivity index (χ4v) is 3.94. The van der Waals surface area contributed by atoms with E-state index in [9.17, 15) is 4.79 Å². The van der Waals surface area contributed by atoms with E-state index < -0.39 is 0 Å². The summed E-state index contributed by atoms with van der Waals surface area (Å²) in [4.78, 5) is 19.4. The lowest BCUT2D eigenvalue weighted by Crippen LogP contribution is -2.41. The smallest absolute Gasteiger partial charge is 0.223 e. The van der Waals surface area contributed by atoms with Crippen molar-refractivity contribution in [2.75, 3.05) is 40.3 Å². The normalized spacial score (nSPS) is 21.3. The molecule has 1 atom stereocenters. The van der Waals surface area contributed by atoms with E-state index in [1.54, 1.807) is 0 Å². The van der Waals surface area contributed by atoms with Gasteiger partial charge in [-0.1, -0.05) is 24.3 Å². The quantitative estimate of drug-likeness (QED) is 0.803. The Morgan fingerprint density at radius 2 is 1.92 bits per heavy atom. The van der Waals surface area contributed by atoms with Gasteiger partial charge in [-0.05, 0) is 56.9 Å². The van der Waals surface area contributed by atoms with Crippen LogP contribution in [0.5, 0.6) is 0 Å². The zero-order valence-corrected chi connectivity index (χ0v) is 15.2. The highest BCUT2D eigenvalue weighted by Gasteiger charge is 2.25. The zero-order chi connectivity index (χ0) is 16.9. The molecule has 1 fully saturated rings. The summed E-state index contributed by atoms with van der Waals surface area (Å²) in [6, 6.07) is 8.62. The van der Waals surface area contributed by atoms with Crippen molar-refractivity contribution in [2.24, 2.45) is 5.92 Å². The molecule has 0 spiro atoms. The van der Waals surface area contributed by atoms with Gasteiger partial charge in [0.05, 0.1) is 0 Å². The summed E-state index contributed by atoms with van der Waals surface area (Å²) in [5.41, 5.74) is 2.85. The molecule has 1 aromatic rings. The highest BCUT2D eigenvalue weighted by Crippen LogP contribution is 2.23. The molecule has 2 aliphatic rings. The average Bonchev–Trinajstić information content (AvgIpc) is 3.01. The maximum atomic E-state index is 12.6. The number of rotatable bonds is 6. The van der Waals surface area contributed by atoms with Crippen LogP contribution in [0.1, 0.15) is 36.8 Å². The molecule has 24 heavy (non-hydrogen) atoms. The molecule has 1 aromatic carbocycles. The van der Waals surface area contributed by atoms with Crippen molar-refractivity contribution in [1.29, 1.82) is 0 Å². The average molecular weight is 329 g/mol. The molecule has 4 heteroatoms. The second kappa shape index (κ2) is 8.13. The number of hydrogen-bond donors (Lipinski definition) is 0. The molecule has 2 aliphatic heterocycles. The van der Waals surface area contributed by atoms with E-state index in [-0.39, 0.29) is 0 Å². The van der Waals surface area contributed by atoms with Gasteiger partial charge in [0.15, 0.2) is 0 Å². The van der Waals surface area contributed by atoms with Gasteiger partial charge in [0.25, 0.3) is 0 Å². The van der Waals surface area contributed by atoms with Gasteiger partial charge in [0.2, 0.25) is 5.91 Å². The van der Waals surface area contributed by atoms with Crippen LogP contribution in [-0.4, -0.2) is 60.9 Å². The number of hydrogen-bond acceptors (Lipinski definition) is 3. The van der Waals surface area contributed by atoms with Crippen LogP contribution in [0.4, 0.5) is 0 Å². The first-order valence-corrected chi connectivity index (χ1v) is 9.33. The molecule has 0 radical (unpaired) electrons. The zero-order valence-electron chi connectivity index (χ0n) is 15.2. The first-order chi connectivity index (χ1) is 11.6. The van der Waals surface area contributed by atoms with Crippen molar-refractivity contribution >= 4 is 5.91 Å². The van der Waals surface area contributed by atoms with Crippen LogP contribution in [0, 0.1) is 5.92 Å². The lowest BCUT2D eigenvalue weighted by molar-refractivity contribution is -0.133.